The summed E-state index contributed by atoms with van der Waals surface area (Å²) in [6.45, 7) is -6.57. The SMILES string of the molecule is CC(F)(F)C(=O)OC12CC3CC(C1)C1(OCC(F)(F)C(F)(F)CO1)C(C3)C2.CC(F)(F)COC(=O)C12CC3CC(C1)C(=O)C(C3)C2.CC(F)(F)COC(=O)C12CC3CC(C1)C1(OCC(F)(F)C(F)(F)CO1)C(C3)C2.CC(F)(F)COC(=O)C12CC3CC(CC(C3)C1)C2.CC(F)(F)COC(=O)C12CC3CC(CC(O)(C3)C1)C2.CC(F)(F)COC(=O)C1C2CC3C(=O)OC1C3C2.CC(F)(F)COC(=O)C1C2CC3C1OS(=O)(=O)C3C2. The first-order chi connectivity index (χ1) is 68.0. The van der Waals surface area contributed by atoms with Gasteiger partial charge in [0.15, 0.2) is 51.2 Å². The Hall–Kier alpha value is -6.40. The summed E-state index contributed by atoms with van der Waals surface area (Å²) in [4.78, 5) is 108. The van der Waals surface area contributed by atoms with E-state index in [9.17, 15) is 153 Å². The molecule has 0 amide bonds. The fraction of sp³-hybridized carbons (Fsp3) is 0.910. The van der Waals surface area contributed by atoms with E-state index in [2.05, 4.69) is 9.47 Å². The molecular weight excluding hydrogens is 2050 g/mol. The lowest BCUT2D eigenvalue weighted by Gasteiger charge is -2.63. The van der Waals surface area contributed by atoms with Crippen molar-refractivity contribution in [3.63, 3.8) is 0 Å². The van der Waals surface area contributed by atoms with E-state index in [0.717, 1.165) is 78.6 Å². The molecule has 25 nitrogen and oxygen atoms in total. The lowest BCUT2D eigenvalue weighted by molar-refractivity contribution is -0.355. The number of Topliss-reactive ketones (excluding diaryl/α,β-unsaturated/α-hetero) is 1. The predicted molar refractivity (Wildman–Crippen MR) is 462 cm³/mol. The number of halogens is 22. The van der Waals surface area contributed by atoms with Gasteiger partial charge in [-0.3, -0.25) is 42.5 Å². The zero-order valence-corrected chi connectivity index (χ0v) is 83.6. The van der Waals surface area contributed by atoms with E-state index in [0.29, 0.717) is 160 Å². The number of rotatable bonds is 20. The minimum Gasteiger partial charge on any atom is -0.461 e. The number of ether oxygens (including phenoxy) is 12. The smallest absolute Gasteiger partial charge is 0.377 e. The molecule has 4 aliphatic heterocycles. The number of hydrogen-bond acceptors (Lipinski definition) is 25. The molecule has 28 fully saturated rings. The maximum Gasteiger partial charge on any atom is 0.377 e. The molecule has 148 heavy (non-hydrogen) atoms. The summed E-state index contributed by atoms with van der Waals surface area (Å²) in [6.07, 6.45) is 18.5. The Morgan fingerprint density at radius 1 is 0.358 bits per heavy atom. The van der Waals surface area contributed by atoms with Crippen molar-refractivity contribution in [3.05, 3.63) is 0 Å². The number of carbonyl (C=O) groups is 9. The topological polar surface area (TPSA) is 328 Å². The second-order valence-electron chi connectivity index (χ2n) is 49.4. The van der Waals surface area contributed by atoms with Gasteiger partial charge in [0.2, 0.25) is 0 Å². The molecule has 24 saturated carbocycles. The van der Waals surface area contributed by atoms with Gasteiger partial charge >= 0.3 is 77.4 Å². The lowest BCUT2D eigenvalue weighted by Crippen LogP contribution is -2.66. The summed E-state index contributed by atoms with van der Waals surface area (Å²) < 4.78 is 379. The molecule has 0 radical (unpaired) electrons. The van der Waals surface area contributed by atoms with Crippen LogP contribution in [0.1, 0.15) is 248 Å². The largest absolute Gasteiger partial charge is 0.461 e. The van der Waals surface area contributed by atoms with Crippen molar-refractivity contribution in [2.24, 2.45) is 146 Å². The highest BCUT2D eigenvalue weighted by atomic mass is 32.2. The predicted octanol–water partition coefficient (Wildman–Crippen LogP) is 18.6. The van der Waals surface area contributed by atoms with Gasteiger partial charge in [-0.2, -0.15) is 52.3 Å². The van der Waals surface area contributed by atoms with Crippen molar-refractivity contribution in [2.75, 3.05) is 66.1 Å². The van der Waals surface area contributed by atoms with Gasteiger partial charge in [-0.05, 0) is 258 Å². The van der Waals surface area contributed by atoms with Crippen molar-refractivity contribution in [1.29, 1.82) is 0 Å². The molecule has 0 aromatic heterocycles. The van der Waals surface area contributed by atoms with Gasteiger partial charge in [-0.25, -0.2) is 57.5 Å². The Labute approximate surface area is 839 Å². The van der Waals surface area contributed by atoms with Crippen LogP contribution in [0.2, 0.25) is 0 Å². The van der Waals surface area contributed by atoms with E-state index in [1.165, 1.54) is 19.3 Å². The van der Waals surface area contributed by atoms with Crippen LogP contribution in [0, 0.1) is 146 Å². The Kier molecular flexibility index (Phi) is 29.4. The number of carbonyl (C=O) groups excluding carboxylic acids is 9. The van der Waals surface area contributed by atoms with Crippen molar-refractivity contribution in [2.45, 2.75) is 353 Å². The molecule has 1 N–H and O–H groups in total. The maximum atomic E-state index is 13.8. The minimum atomic E-state index is -4.36. The number of aliphatic hydroxyl groups is 1. The minimum absolute atomic E-state index is 0.0166. The average Bonchev–Trinajstić information content (AvgIpc) is 0.985. The molecular formula is C100H128F22O25S. The molecule has 48 heteroatoms. The highest BCUT2D eigenvalue weighted by Gasteiger charge is 2.75. The van der Waals surface area contributed by atoms with Crippen LogP contribution in [0.3, 0.4) is 0 Å². The lowest BCUT2D eigenvalue weighted by atomic mass is 9.47. The van der Waals surface area contributed by atoms with E-state index in [1.54, 1.807) is 0 Å². The van der Waals surface area contributed by atoms with Gasteiger partial charge in [0, 0.05) is 95.8 Å². The third-order valence-corrected chi connectivity index (χ3v) is 38.1. The van der Waals surface area contributed by atoms with Gasteiger partial charge in [-0.1, -0.05) is 0 Å². The van der Waals surface area contributed by atoms with E-state index in [4.69, 9.17) is 51.6 Å². The number of ketones is 1. The molecule has 18 atom stereocenters. The number of esters is 8. The van der Waals surface area contributed by atoms with Gasteiger partial charge in [0.25, 0.3) is 45.7 Å². The molecule has 28 rings (SSSR count). The quantitative estimate of drug-likeness (QED) is 0.0512. The summed E-state index contributed by atoms with van der Waals surface area (Å²) in [6, 6.07) is 0. The van der Waals surface area contributed by atoms with Crippen LogP contribution in [-0.4, -0.2) is 239 Å². The van der Waals surface area contributed by atoms with Crippen LogP contribution in [-0.2, 0) is 114 Å². The standard InChI is InChI=1S/C18H22F6O4.C17H20F6O4.C14H20F2O3.C14H18F2O3.C14H20F2O2.C12H14F2O4.C11H14F2O5S/c1-14(19,20)7-26-13(25)15-4-10-2-11(5-15)18(12(3-10)6-15)27-8-16(21,22)17(23,24)9-28-18;1-13(18,19)12(24)27-14-4-9-2-10(5-14)17(11(3-9)6-14)25-7-15(20,21)16(22,23)8-26-17;1-12(15,16)8-19-11(17)13-3-9-2-10(4-13)6-14(18,5-9)7-13;1-13(15,16)7-19-12(18)14-4-8-2-9(5-14)11(17)10(3-8)6-14;1-13(15,16)8-18-12(17)14-5-9-2-10(6-14)4-11(3-9)7-14;1-12(13,14)4-17-11(16)8-5-2-6-7(3-5)10(15)18-9(6)8;1-11(12,13)4-17-10(14)8-5-2-6-7(3-5)19(15,16)18-9(6)8/h10-12H,2-9H2,1H3;9-11H,2-8H2,1H3;9-10,18H,2-8H2,1H3;8-10H,2-7H2,1H3;9-11H,2-8H2,1H3;5-9H,2-4H2,1H3;5-9H,2-4H2,1H3. The molecule has 2 spiro atoms. The van der Waals surface area contributed by atoms with Crippen molar-refractivity contribution in [3.8, 4) is 0 Å². The van der Waals surface area contributed by atoms with Crippen molar-refractivity contribution < 1.29 is 214 Å². The number of hydrogen-bond donors (Lipinski definition) is 1. The third kappa shape index (κ3) is 22.7. The normalized spacial score (nSPS) is 41.7. The first kappa shape index (κ1) is 113. The zero-order valence-electron chi connectivity index (χ0n) is 82.8. The van der Waals surface area contributed by atoms with E-state index < -0.39 is 275 Å². The van der Waals surface area contributed by atoms with Crippen LogP contribution in [0.5, 0.6) is 0 Å². The van der Waals surface area contributed by atoms with E-state index in [1.807, 2.05) is 0 Å². The van der Waals surface area contributed by atoms with Gasteiger partial charge in [0.05, 0.1) is 56.4 Å². The van der Waals surface area contributed by atoms with Crippen molar-refractivity contribution in [1.82, 2.24) is 0 Å². The van der Waals surface area contributed by atoms with Crippen LogP contribution < -0.4 is 0 Å². The molecule has 24 bridgehead atoms. The fourth-order valence-corrected chi connectivity index (χ4v) is 33.9. The first-order valence-corrected chi connectivity index (χ1v) is 52.8. The Balaban J connectivity index is 0.000000119. The van der Waals surface area contributed by atoms with Gasteiger partial charge < -0.3 is 61.9 Å². The molecule has 18 unspecified atom stereocenters. The van der Waals surface area contributed by atoms with Crippen LogP contribution in [0.25, 0.3) is 0 Å². The van der Waals surface area contributed by atoms with Crippen molar-refractivity contribution >= 4 is 63.7 Å². The molecule has 28 aliphatic rings. The first-order valence-electron chi connectivity index (χ1n) is 51.3. The molecule has 4 saturated heterocycles. The van der Waals surface area contributed by atoms with Gasteiger partial charge in [-0.15, -0.1) is 0 Å². The second-order valence-corrected chi connectivity index (χ2v) is 51.2. The fourth-order valence-electron chi connectivity index (χ4n) is 32.0. The Morgan fingerprint density at radius 3 is 1.06 bits per heavy atom. The number of fused-ring (bicyclic) bond motifs is 2. The highest BCUT2D eigenvalue weighted by molar-refractivity contribution is 7.87. The highest BCUT2D eigenvalue weighted by Crippen LogP contribution is 2.71. The third-order valence-electron chi connectivity index (χ3n) is 36.3. The summed E-state index contributed by atoms with van der Waals surface area (Å²) in [5, 5.41) is 9.96. The van der Waals surface area contributed by atoms with Crippen LogP contribution in [0.4, 0.5) is 96.6 Å². The molecule has 0 aromatic rings. The van der Waals surface area contributed by atoms with E-state index in [-0.39, 0.29) is 96.7 Å². The molecule has 838 valence electrons. The molecule has 4 heterocycles. The summed E-state index contributed by atoms with van der Waals surface area (Å²) >= 11 is 0. The Morgan fingerprint density at radius 2 is 0.676 bits per heavy atom. The average molecular weight is 2180 g/mol. The summed E-state index contributed by atoms with van der Waals surface area (Å²) in [7, 11) is -3.60. The molecule has 24 aliphatic carbocycles. The summed E-state index contributed by atoms with van der Waals surface area (Å²) in [5.41, 5.74) is -4.71. The van der Waals surface area contributed by atoms with Crippen LogP contribution in [0.15, 0.2) is 0 Å². The van der Waals surface area contributed by atoms with Gasteiger partial charge in [0.1, 0.15) is 43.9 Å². The molecule has 0 aromatic carbocycles. The zero-order chi connectivity index (χ0) is 108. The van der Waals surface area contributed by atoms with Crippen LogP contribution >= 0.6 is 0 Å². The maximum absolute atomic E-state index is 13.8. The van der Waals surface area contributed by atoms with E-state index >= 15 is 0 Å². The second kappa shape index (κ2) is 38.6. The monoisotopic (exact) mass is 2180 g/mol. The number of alkyl halides is 22. The Bertz CT molecular complexity index is 5000. The summed E-state index contributed by atoms with van der Waals surface area (Å²) in [5.74, 6) is -48.4.